The Hall–Kier alpha value is -3.16. The van der Waals surface area contributed by atoms with Crippen LogP contribution in [0.5, 0.6) is 0 Å². The van der Waals surface area contributed by atoms with Crippen LogP contribution in [-0.2, 0) is 11.3 Å². The fourth-order valence-electron chi connectivity index (χ4n) is 2.83. The van der Waals surface area contributed by atoms with Gasteiger partial charge in [0.2, 0.25) is 0 Å². The number of aromatic amines is 1. The summed E-state index contributed by atoms with van der Waals surface area (Å²) in [6.07, 6.45) is 8.58. The Bertz CT molecular complexity index is 961. The summed E-state index contributed by atoms with van der Waals surface area (Å²) in [4.78, 5) is 45.4. The van der Waals surface area contributed by atoms with Crippen LogP contribution >= 0.6 is 0 Å². The Morgan fingerprint density at radius 3 is 2.76 bits per heavy atom. The lowest BCUT2D eigenvalue weighted by atomic mass is 10.1. The largest absolute Gasteiger partial charge is 0.383 e. The van der Waals surface area contributed by atoms with E-state index < -0.39 is 11.2 Å². The van der Waals surface area contributed by atoms with E-state index in [0.29, 0.717) is 25.4 Å². The third-order valence-corrected chi connectivity index (χ3v) is 4.52. The van der Waals surface area contributed by atoms with Crippen LogP contribution < -0.4 is 21.9 Å². The van der Waals surface area contributed by atoms with Gasteiger partial charge in [-0.3, -0.25) is 24.1 Å². The summed E-state index contributed by atoms with van der Waals surface area (Å²) in [5.41, 5.74) is 5.75. The minimum atomic E-state index is -0.660. The molecule has 0 radical (unpaired) electrons. The molecule has 0 atom stereocenters. The van der Waals surface area contributed by atoms with Gasteiger partial charge in [-0.2, -0.15) is 0 Å². The Labute approximate surface area is 170 Å². The molecule has 2 aromatic rings. The Balaban J connectivity index is 2.46. The number of nitrogens with one attached hydrogen (secondary N) is 1. The molecule has 3 N–H and O–H groups in total. The van der Waals surface area contributed by atoms with Crippen LogP contribution in [0.2, 0.25) is 0 Å². The number of carbonyl (C=O) groups is 1. The number of hydrogen-bond donors (Lipinski definition) is 2. The first kappa shape index (κ1) is 22.1. The lowest BCUT2D eigenvalue weighted by Crippen LogP contribution is -2.41. The molecule has 0 unspecified atom stereocenters. The molecule has 2 aromatic heterocycles. The second-order valence-corrected chi connectivity index (χ2v) is 7.29. The van der Waals surface area contributed by atoms with E-state index in [1.54, 1.807) is 24.5 Å². The average Bonchev–Trinajstić information content (AvgIpc) is 2.69. The van der Waals surface area contributed by atoms with Gasteiger partial charge in [-0.1, -0.05) is 33.3 Å². The summed E-state index contributed by atoms with van der Waals surface area (Å²) >= 11 is 0. The molecular formula is C21H29N5O3. The normalized spacial score (nSPS) is 11.3. The van der Waals surface area contributed by atoms with Gasteiger partial charge in [0.1, 0.15) is 5.82 Å². The van der Waals surface area contributed by atoms with E-state index in [1.807, 2.05) is 26.8 Å². The zero-order chi connectivity index (χ0) is 21.4. The predicted octanol–water partition coefficient (Wildman–Crippen LogP) is 2.41. The molecule has 0 aliphatic carbocycles. The molecule has 29 heavy (non-hydrogen) atoms. The van der Waals surface area contributed by atoms with Crippen LogP contribution in [0.15, 0.2) is 40.2 Å². The van der Waals surface area contributed by atoms with E-state index in [2.05, 4.69) is 9.97 Å². The van der Waals surface area contributed by atoms with Gasteiger partial charge >= 0.3 is 5.69 Å². The monoisotopic (exact) mass is 399 g/mol. The number of aromatic nitrogens is 3. The van der Waals surface area contributed by atoms with Crippen molar-refractivity contribution in [2.45, 2.75) is 46.6 Å². The number of nitrogen functional groups attached to an aromatic ring is 1. The lowest BCUT2D eigenvalue weighted by Gasteiger charge is -2.24. The first-order chi connectivity index (χ1) is 13.8. The molecule has 0 saturated heterocycles. The van der Waals surface area contributed by atoms with Crippen molar-refractivity contribution in [2.75, 3.05) is 17.2 Å². The van der Waals surface area contributed by atoms with E-state index in [4.69, 9.17) is 5.73 Å². The molecule has 0 spiro atoms. The van der Waals surface area contributed by atoms with Crippen LogP contribution in [-0.4, -0.2) is 27.0 Å². The lowest BCUT2D eigenvalue weighted by molar-refractivity contribution is -0.114. The first-order valence-corrected chi connectivity index (χ1v) is 9.87. The zero-order valence-electron chi connectivity index (χ0n) is 17.2. The van der Waals surface area contributed by atoms with E-state index in [9.17, 15) is 14.4 Å². The minimum Gasteiger partial charge on any atom is -0.383 e. The first-order valence-electron chi connectivity index (χ1n) is 9.87. The fourth-order valence-corrected chi connectivity index (χ4v) is 2.83. The number of amides is 1. The number of nitrogens with zero attached hydrogens (tertiary/aromatic N) is 3. The molecule has 1 amide bonds. The number of nitrogens with two attached hydrogens (primary N) is 1. The van der Waals surface area contributed by atoms with Crippen molar-refractivity contribution >= 4 is 23.5 Å². The maximum absolute atomic E-state index is 13.0. The number of H-pyrrole nitrogens is 1. The summed E-state index contributed by atoms with van der Waals surface area (Å²) in [6.45, 7) is 6.75. The molecule has 0 aliphatic heterocycles. The molecule has 2 heterocycles. The van der Waals surface area contributed by atoms with Crippen molar-refractivity contribution in [3.63, 3.8) is 0 Å². The molecule has 8 nitrogen and oxygen atoms in total. The van der Waals surface area contributed by atoms with Gasteiger partial charge in [0, 0.05) is 31.6 Å². The van der Waals surface area contributed by atoms with E-state index in [0.717, 1.165) is 18.4 Å². The second kappa shape index (κ2) is 10.4. The van der Waals surface area contributed by atoms with Gasteiger partial charge in [0.25, 0.3) is 11.5 Å². The van der Waals surface area contributed by atoms with Crippen molar-refractivity contribution in [1.82, 2.24) is 14.5 Å². The number of hydrogen-bond acceptors (Lipinski definition) is 5. The van der Waals surface area contributed by atoms with Gasteiger partial charge in [0.15, 0.2) is 5.69 Å². The number of pyridine rings is 1. The fraction of sp³-hybridized carbons (Fsp3) is 0.429. The van der Waals surface area contributed by atoms with Crippen LogP contribution in [0.4, 0.5) is 11.5 Å². The van der Waals surface area contributed by atoms with Crippen molar-refractivity contribution < 1.29 is 4.79 Å². The highest BCUT2D eigenvalue weighted by Gasteiger charge is 2.23. The number of anilines is 2. The maximum Gasteiger partial charge on any atom is 0.330 e. The van der Waals surface area contributed by atoms with Crippen LogP contribution in [0.25, 0.3) is 6.08 Å². The highest BCUT2D eigenvalue weighted by Crippen LogP contribution is 2.19. The molecular weight excluding hydrogens is 370 g/mol. The molecule has 2 rings (SSSR count). The number of unbranched alkanes of at least 4 members (excludes halogenated alkanes) is 1. The molecule has 8 heteroatoms. The molecule has 0 bridgehead atoms. The van der Waals surface area contributed by atoms with Gasteiger partial charge in [-0.05, 0) is 36.5 Å². The Morgan fingerprint density at radius 1 is 1.38 bits per heavy atom. The van der Waals surface area contributed by atoms with Gasteiger partial charge in [-0.15, -0.1) is 0 Å². The SMILES string of the molecule is CCCCn1c(N)c(N(CCC(C)C)C(=O)C=Cc2cccnc2)c(=O)[nH]c1=O. The Kier molecular flexibility index (Phi) is 7.94. The van der Waals surface area contributed by atoms with Crippen LogP contribution in [0.3, 0.4) is 0 Å². The quantitative estimate of drug-likeness (QED) is 0.629. The third kappa shape index (κ3) is 5.91. The molecule has 0 fully saturated rings. The highest BCUT2D eigenvalue weighted by molar-refractivity contribution is 6.05. The van der Waals surface area contributed by atoms with E-state index in [-0.39, 0.29) is 17.4 Å². The standard InChI is InChI=1S/C21H29N5O3/c1-4-5-12-26-19(22)18(20(28)24-21(26)29)25(13-10-15(2)3)17(27)9-8-16-7-6-11-23-14-16/h6-9,11,14-15H,4-5,10,12-13,22H2,1-3H3,(H,24,28,29). The van der Waals surface area contributed by atoms with Crippen LogP contribution in [0, 0.1) is 5.92 Å². The van der Waals surface area contributed by atoms with Gasteiger partial charge < -0.3 is 10.6 Å². The molecule has 156 valence electrons. The molecule has 0 aliphatic rings. The molecule has 0 saturated carbocycles. The van der Waals surface area contributed by atoms with Crippen LogP contribution in [0.1, 0.15) is 45.6 Å². The predicted molar refractivity (Wildman–Crippen MR) is 116 cm³/mol. The van der Waals surface area contributed by atoms with Crippen molar-refractivity contribution in [2.24, 2.45) is 5.92 Å². The zero-order valence-corrected chi connectivity index (χ0v) is 17.2. The van der Waals surface area contributed by atoms with Crippen molar-refractivity contribution in [3.8, 4) is 0 Å². The Morgan fingerprint density at radius 2 is 2.14 bits per heavy atom. The summed E-state index contributed by atoms with van der Waals surface area (Å²) < 4.78 is 1.32. The smallest absolute Gasteiger partial charge is 0.330 e. The average molecular weight is 399 g/mol. The maximum atomic E-state index is 13.0. The van der Waals surface area contributed by atoms with E-state index in [1.165, 1.54) is 15.5 Å². The van der Waals surface area contributed by atoms with Gasteiger partial charge in [-0.25, -0.2) is 4.79 Å². The number of carbonyl (C=O) groups excluding carboxylic acids is 1. The minimum absolute atomic E-state index is 0.0130. The van der Waals surface area contributed by atoms with Gasteiger partial charge in [0.05, 0.1) is 0 Å². The highest BCUT2D eigenvalue weighted by atomic mass is 16.2. The van der Waals surface area contributed by atoms with Crippen molar-refractivity contribution in [1.29, 1.82) is 0 Å². The third-order valence-electron chi connectivity index (χ3n) is 4.52. The second-order valence-electron chi connectivity index (χ2n) is 7.29. The summed E-state index contributed by atoms with van der Waals surface area (Å²) in [5.74, 6) is -0.0506. The number of rotatable bonds is 9. The topological polar surface area (TPSA) is 114 Å². The summed E-state index contributed by atoms with van der Waals surface area (Å²) in [7, 11) is 0. The van der Waals surface area contributed by atoms with Crippen molar-refractivity contribution in [3.05, 3.63) is 57.0 Å². The summed E-state index contributed by atoms with van der Waals surface area (Å²) in [5, 5.41) is 0. The summed E-state index contributed by atoms with van der Waals surface area (Å²) in [6, 6.07) is 3.59. The molecule has 0 aromatic carbocycles. The van der Waals surface area contributed by atoms with E-state index >= 15 is 0 Å².